The first kappa shape index (κ1) is 15.2. The van der Waals surface area contributed by atoms with Crippen molar-refractivity contribution in [3.63, 3.8) is 0 Å². The zero-order chi connectivity index (χ0) is 15.4. The third kappa shape index (κ3) is 3.91. The first-order valence-corrected chi connectivity index (χ1v) is 7.03. The maximum Gasteiger partial charge on any atom is 0.326 e. The fraction of sp³-hybridized carbons (Fsp3) is 0.214. The van der Waals surface area contributed by atoms with Gasteiger partial charge >= 0.3 is 5.97 Å². The van der Waals surface area contributed by atoms with Gasteiger partial charge in [-0.3, -0.25) is 4.79 Å². The number of aryl methyl sites for hydroxylation is 1. The molecule has 7 heteroatoms. The number of imidazole rings is 1. The Hall–Kier alpha value is -2.15. The Balaban J connectivity index is 2.12. The van der Waals surface area contributed by atoms with Gasteiger partial charge in [0.1, 0.15) is 6.04 Å². The molecule has 21 heavy (non-hydrogen) atoms. The second kappa shape index (κ2) is 6.53. The van der Waals surface area contributed by atoms with Crippen LogP contribution in [0.4, 0.5) is 0 Å². The Morgan fingerprint density at radius 2 is 2.24 bits per heavy atom. The predicted octanol–water partition coefficient (Wildman–Crippen LogP) is 1.91. The number of carbonyl (C=O) groups is 2. The number of hydrogen-bond acceptors (Lipinski definition) is 3. The third-order valence-electron chi connectivity index (χ3n) is 2.95. The molecular weight excluding hydrogens is 338 g/mol. The first-order valence-electron chi connectivity index (χ1n) is 6.24. The Bertz CT molecular complexity index is 655. The van der Waals surface area contributed by atoms with Crippen LogP contribution in [0.15, 0.2) is 35.2 Å². The molecule has 0 aliphatic rings. The van der Waals surface area contributed by atoms with Crippen molar-refractivity contribution in [3.05, 3.63) is 52.0 Å². The van der Waals surface area contributed by atoms with Crippen LogP contribution in [-0.2, 0) is 11.2 Å². The van der Waals surface area contributed by atoms with Crippen LogP contribution < -0.4 is 5.32 Å². The number of hydrogen-bond donors (Lipinski definition) is 3. The average Bonchev–Trinajstić information content (AvgIpc) is 2.90. The number of rotatable bonds is 5. The summed E-state index contributed by atoms with van der Waals surface area (Å²) < 4.78 is 0.630. The van der Waals surface area contributed by atoms with Gasteiger partial charge in [0.25, 0.3) is 5.91 Å². The summed E-state index contributed by atoms with van der Waals surface area (Å²) in [5.41, 5.74) is 2.05. The smallest absolute Gasteiger partial charge is 0.326 e. The minimum Gasteiger partial charge on any atom is -0.480 e. The number of nitrogens with zero attached hydrogens (tertiary/aromatic N) is 1. The van der Waals surface area contributed by atoms with Gasteiger partial charge in [-0.15, -0.1) is 0 Å². The zero-order valence-corrected chi connectivity index (χ0v) is 12.8. The molecule has 1 heterocycles. The lowest BCUT2D eigenvalue weighted by Gasteiger charge is -2.14. The summed E-state index contributed by atoms with van der Waals surface area (Å²) in [6.07, 6.45) is 3.14. The van der Waals surface area contributed by atoms with E-state index in [2.05, 4.69) is 31.2 Å². The molecule has 0 saturated carbocycles. The number of amides is 1. The Labute approximate surface area is 129 Å². The predicted molar refractivity (Wildman–Crippen MR) is 80.1 cm³/mol. The maximum absolute atomic E-state index is 12.2. The van der Waals surface area contributed by atoms with E-state index in [0.29, 0.717) is 15.7 Å². The van der Waals surface area contributed by atoms with Gasteiger partial charge in [-0.1, -0.05) is 6.07 Å². The Morgan fingerprint density at radius 1 is 1.48 bits per heavy atom. The molecule has 2 aromatic rings. The molecule has 1 amide bonds. The van der Waals surface area contributed by atoms with E-state index in [1.165, 1.54) is 12.5 Å². The topological polar surface area (TPSA) is 95.1 Å². The fourth-order valence-corrected chi connectivity index (χ4v) is 2.53. The monoisotopic (exact) mass is 351 g/mol. The number of carboxylic acid groups (broad SMARTS) is 1. The number of aliphatic carboxylic acids is 1. The van der Waals surface area contributed by atoms with E-state index in [9.17, 15) is 14.7 Å². The Morgan fingerprint density at radius 3 is 2.81 bits per heavy atom. The fourth-order valence-electron chi connectivity index (χ4n) is 1.86. The molecule has 6 nitrogen and oxygen atoms in total. The number of carbonyl (C=O) groups excluding carboxylic acids is 1. The molecule has 0 fully saturated rings. The van der Waals surface area contributed by atoms with Gasteiger partial charge in [-0.25, -0.2) is 9.78 Å². The molecule has 1 aromatic heterocycles. The van der Waals surface area contributed by atoms with Crippen molar-refractivity contribution in [2.75, 3.05) is 0 Å². The molecule has 0 saturated heterocycles. The zero-order valence-electron chi connectivity index (χ0n) is 11.3. The number of nitrogens with one attached hydrogen (secondary N) is 2. The highest BCUT2D eigenvalue weighted by molar-refractivity contribution is 9.10. The molecule has 1 aromatic carbocycles. The van der Waals surface area contributed by atoms with Gasteiger partial charge in [0, 0.05) is 22.8 Å². The van der Waals surface area contributed by atoms with Gasteiger partial charge in [0.2, 0.25) is 0 Å². The second-order valence-corrected chi connectivity index (χ2v) is 5.48. The van der Waals surface area contributed by atoms with Crippen LogP contribution in [0.2, 0.25) is 0 Å². The van der Waals surface area contributed by atoms with Crippen molar-refractivity contribution < 1.29 is 14.7 Å². The Kier molecular flexibility index (Phi) is 4.74. The van der Waals surface area contributed by atoms with Crippen LogP contribution in [0.3, 0.4) is 0 Å². The summed E-state index contributed by atoms with van der Waals surface area (Å²) in [4.78, 5) is 30.1. The van der Waals surface area contributed by atoms with Crippen molar-refractivity contribution in [1.82, 2.24) is 15.3 Å². The molecule has 0 aliphatic carbocycles. The van der Waals surface area contributed by atoms with E-state index in [1.54, 1.807) is 18.2 Å². The number of benzene rings is 1. The highest BCUT2D eigenvalue weighted by Gasteiger charge is 2.22. The number of aromatic amines is 1. The number of halogens is 1. The van der Waals surface area contributed by atoms with Crippen molar-refractivity contribution in [2.24, 2.45) is 0 Å². The molecule has 0 spiro atoms. The summed E-state index contributed by atoms with van der Waals surface area (Å²) >= 11 is 3.31. The highest BCUT2D eigenvalue weighted by Crippen LogP contribution is 2.18. The normalized spacial score (nSPS) is 11.9. The molecule has 110 valence electrons. The van der Waals surface area contributed by atoms with Crippen LogP contribution in [0, 0.1) is 6.92 Å². The van der Waals surface area contributed by atoms with E-state index in [4.69, 9.17) is 0 Å². The largest absolute Gasteiger partial charge is 0.480 e. The molecule has 0 radical (unpaired) electrons. The second-order valence-electron chi connectivity index (χ2n) is 4.63. The number of H-pyrrole nitrogens is 1. The van der Waals surface area contributed by atoms with Crippen molar-refractivity contribution >= 4 is 27.8 Å². The van der Waals surface area contributed by atoms with Crippen LogP contribution in [0.5, 0.6) is 0 Å². The lowest BCUT2D eigenvalue weighted by atomic mass is 10.1. The first-order chi connectivity index (χ1) is 9.97. The van der Waals surface area contributed by atoms with E-state index in [0.717, 1.165) is 5.56 Å². The van der Waals surface area contributed by atoms with Gasteiger partial charge in [0.15, 0.2) is 0 Å². The molecule has 2 rings (SSSR count). The number of aromatic nitrogens is 2. The molecule has 1 atom stereocenters. The summed E-state index contributed by atoms with van der Waals surface area (Å²) in [5, 5.41) is 11.7. The van der Waals surface area contributed by atoms with Crippen molar-refractivity contribution in [2.45, 2.75) is 19.4 Å². The SMILES string of the molecule is Cc1ccc(C(=O)N[C@H](Cc2cnc[nH]2)C(=O)O)c(Br)c1. The van der Waals surface area contributed by atoms with Crippen molar-refractivity contribution in [3.8, 4) is 0 Å². The average molecular weight is 352 g/mol. The molecular formula is C14H14BrN3O3. The third-order valence-corrected chi connectivity index (χ3v) is 3.61. The maximum atomic E-state index is 12.2. The summed E-state index contributed by atoms with van der Waals surface area (Å²) in [6.45, 7) is 1.91. The quantitative estimate of drug-likeness (QED) is 0.766. The van der Waals surface area contributed by atoms with Gasteiger partial charge < -0.3 is 15.4 Å². The molecule has 3 N–H and O–H groups in total. The lowest BCUT2D eigenvalue weighted by Crippen LogP contribution is -2.42. The summed E-state index contributed by atoms with van der Waals surface area (Å²) in [6, 6.07) is 4.24. The van der Waals surface area contributed by atoms with Gasteiger partial charge in [-0.2, -0.15) is 0 Å². The standard InChI is InChI=1S/C14H14BrN3O3/c1-8-2-3-10(11(15)4-8)13(19)18-12(14(20)21)5-9-6-16-7-17-9/h2-4,6-7,12H,5H2,1H3,(H,16,17)(H,18,19)(H,20,21)/t12-/m1/s1. The number of carboxylic acids is 1. The van der Waals surface area contributed by atoms with E-state index in [1.807, 2.05) is 6.92 Å². The van der Waals surface area contributed by atoms with E-state index in [-0.39, 0.29) is 6.42 Å². The lowest BCUT2D eigenvalue weighted by molar-refractivity contribution is -0.139. The summed E-state index contributed by atoms with van der Waals surface area (Å²) in [5.74, 6) is -1.53. The van der Waals surface area contributed by atoms with Crippen LogP contribution in [-0.4, -0.2) is 33.0 Å². The highest BCUT2D eigenvalue weighted by atomic mass is 79.9. The molecule has 0 unspecified atom stereocenters. The van der Waals surface area contributed by atoms with Gasteiger partial charge in [0.05, 0.1) is 11.9 Å². The van der Waals surface area contributed by atoms with Crippen LogP contribution >= 0.6 is 15.9 Å². The minimum atomic E-state index is -1.10. The van der Waals surface area contributed by atoms with Crippen LogP contribution in [0.25, 0.3) is 0 Å². The van der Waals surface area contributed by atoms with Crippen molar-refractivity contribution in [1.29, 1.82) is 0 Å². The summed E-state index contributed by atoms with van der Waals surface area (Å²) in [7, 11) is 0. The van der Waals surface area contributed by atoms with Gasteiger partial charge in [-0.05, 0) is 40.5 Å². The minimum absolute atomic E-state index is 0.143. The molecule has 0 bridgehead atoms. The van der Waals surface area contributed by atoms with E-state index < -0.39 is 17.9 Å². The molecule has 0 aliphatic heterocycles. The van der Waals surface area contributed by atoms with Crippen LogP contribution in [0.1, 0.15) is 21.6 Å². The van der Waals surface area contributed by atoms with E-state index >= 15 is 0 Å².